The van der Waals surface area contributed by atoms with Gasteiger partial charge in [0.15, 0.2) is 0 Å². The summed E-state index contributed by atoms with van der Waals surface area (Å²) in [4.78, 5) is 11.0. The van der Waals surface area contributed by atoms with Gasteiger partial charge in [-0.2, -0.15) is 0 Å². The molecule has 0 spiro atoms. The molecule has 0 aromatic heterocycles. The Morgan fingerprint density at radius 2 is 1.59 bits per heavy atom. The maximum absolute atomic E-state index is 11.0. The molecule has 0 aliphatic heterocycles. The topological polar surface area (TPSA) is 37.3 Å². The SMILES string of the molecule is CCCCCCCCCC(C(=O)O)C(Cl)CC. The highest BCUT2D eigenvalue weighted by atomic mass is 35.5. The van der Waals surface area contributed by atoms with Crippen molar-refractivity contribution in [1.29, 1.82) is 0 Å². The van der Waals surface area contributed by atoms with Crippen LogP contribution in [0.15, 0.2) is 0 Å². The molecule has 102 valence electrons. The van der Waals surface area contributed by atoms with Crippen molar-refractivity contribution in [1.82, 2.24) is 0 Å². The molecule has 0 bridgehead atoms. The van der Waals surface area contributed by atoms with Gasteiger partial charge < -0.3 is 5.11 Å². The number of carbonyl (C=O) groups is 1. The quantitative estimate of drug-likeness (QED) is 0.427. The Labute approximate surface area is 111 Å². The Hall–Kier alpha value is -0.240. The highest BCUT2D eigenvalue weighted by Gasteiger charge is 2.24. The standard InChI is InChI=1S/C14H27ClO2/c1-3-5-6-7-8-9-10-11-12(14(16)17)13(15)4-2/h12-13H,3-11H2,1-2H3,(H,16,17). The van der Waals surface area contributed by atoms with Crippen LogP contribution in [0.3, 0.4) is 0 Å². The molecule has 0 aromatic rings. The van der Waals surface area contributed by atoms with Gasteiger partial charge in [0.2, 0.25) is 0 Å². The van der Waals surface area contributed by atoms with E-state index in [1.807, 2.05) is 6.92 Å². The zero-order valence-corrected chi connectivity index (χ0v) is 12.0. The normalized spacial score (nSPS) is 14.5. The third-order valence-corrected chi connectivity index (χ3v) is 3.88. The molecule has 2 unspecified atom stereocenters. The maximum atomic E-state index is 11.0. The molecule has 2 atom stereocenters. The molecule has 3 heteroatoms. The first-order valence-corrected chi connectivity index (χ1v) is 7.44. The molecule has 1 N–H and O–H groups in total. The van der Waals surface area contributed by atoms with Crippen LogP contribution in [0.5, 0.6) is 0 Å². The predicted molar refractivity (Wildman–Crippen MR) is 73.7 cm³/mol. The lowest BCUT2D eigenvalue weighted by Gasteiger charge is -2.16. The Bertz CT molecular complexity index is 195. The molecular weight excluding hydrogens is 236 g/mol. The second kappa shape index (κ2) is 10.9. The van der Waals surface area contributed by atoms with Crippen molar-refractivity contribution < 1.29 is 9.90 Å². The molecule has 0 rings (SSSR count). The smallest absolute Gasteiger partial charge is 0.307 e. The van der Waals surface area contributed by atoms with Crippen molar-refractivity contribution in [3.63, 3.8) is 0 Å². The van der Waals surface area contributed by atoms with Crippen LogP contribution in [0, 0.1) is 5.92 Å². The monoisotopic (exact) mass is 262 g/mol. The van der Waals surface area contributed by atoms with E-state index in [0.29, 0.717) is 0 Å². The van der Waals surface area contributed by atoms with Crippen LogP contribution in [0.4, 0.5) is 0 Å². The molecule has 17 heavy (non-hydrogen) atoms. The van der Waals surface area contributed by atoms with Crippen LogP contribution in [0.1, 0.15) is 71.6 Å². The van der Waals surface area contributed by atoms with E-state index >= 15 is 0 Å². The summed E-state index contributed by atoms with van der Waals surface area (Å²) >= 11 is 6.03. The van der Waals surface area contributed by atoms with E-state index in [4.69, 9.17) is 16.7 Å². The molecule has 0 saturated heterocycles. The number of halogens is 1. The molecule has 0 aliphatic carbocycles. The molecule has 0 radical (unpaired) electrons. The largest absolute Gasteiger partial charge is 0.481 e. The highest BCUT2D eigenvalue weighted by Crippen LogP contribution is 2.21. The average Bonchev–Trinajstić information content (AvgIpc) is 2.31. The van der Waals surface area contributed by atoms with E-state index in [1.165, 1.54) is 32.1 Å². The lowest BCUT2D eigenvalue weighted by Crippen LogP contribution is -2.23. The fourth-order valence-corrected chi connectivity index (χ4v) is 2.30. The van der Waals surface area contributed by atoms with E-state index < -0.39 is 5.97 Å². The minimum atomic E-state index is -0.738. The zero-order valence-electron chi connectivity index (χ0n) is 11.3. The third kappa shape index (κ3) is 8.48. The minimum Gasteiger partial charge on any atom is -0.481 e. The summed E-state index contributed by atoms with van der Waals surface area (Å²) in [5.74, 6) is -1.10. The average molecular weight is 263 g/mol. The van der Waals surface area contributed by atoms with Gasteiger partial charge in [-0.25, -0.2) is 0 Å². The summed E-state index contributed by atoms with van der Waals surface area (Å²) in [6, 6.07) is 0. The van der Waals surface area contributed by atoms with Crippen molar-refractivity contribution in [2.24, 2.45) is 5.92 Å². The Kier molecular flexibility index (Phi) is 10.7. The Morgan fingerprint density at radius 3 is 2.06 bits per heavy atom. The first-order chi connectivity index (χ1) is 8.13. The van der Waals surface area contributed by atoms with E-state index in [2.05, 4.69) is 6.92 Å². The zero-order chi connectivity index (χ0) is 13.1. The number of hydrogen-bond donors (Lipinski definition) is 1. The maximum Gasteiger partial charge on any atom is 0.307 e. The van der Waals surface area contributed by atoms with Crippen molar-refractivity contribution in [3.05, 3.63) is 0 Å². The van der Waals surface area contributed by atoms with E-state index in [0.717, 1.165) is 25.7 Å². The van der Waals surface area contributed by atoms with Crippen LogP contribution in [-0.4, -0.2) is 16.5 Å². The molecule has 0 aromatic carbocycles. The summed E-state index contributed by atoms with van der Waals surface area (Å²) in [6.45, 7) is 4.15. The van der Waals surface area contributed by atoms with Gasteiger partial charge in [0.1, 0.15) is 0 Å². The van der Waals surface area contributed by atoms with Gasteiger partial charge in [0.05, 0.1) is 5.92 Å². The van der Waals surface area contributed by atoms with Crippen LogP contribution in [0.2, 0.25) is 0 Å². The highest BCUT2D eigenvalue weighted by molar-refractivity contribution is 6.21. The first-order valence-electron chi connectivity index (χ1n) is 7.00. The van der Waals surface area contributed by atoms with Crippen LogP contribution < -0.4 is 0 Å². The van der Waals surface area contributed by atoms with Gasteiger partial charge in [0, 0.05) is 5.38 Å². The molecule has 0 heterocycles. The van der Waals surface area contributed by atoms with Crippen molar-refractivity contribution in [2.45, 2.75) is 77.0 Å². The fraction of sp³-hybridized carbons (Fsp3) is 0.929. The second-order valence-electron chi connectivity index (χ2n) is 4.78. The first kappa shape index (κ1) is 16.8. The molecule has 0 aliphatic rings. The van der Waals surface area contributed by atoms with Crippen molar-refractivity contribution >= 4 is 17.6 Å². The number of carboxylic acids is 1. The molecule has 0 fully saturated rings. The van der Waals surface area contributed by atoms with Gasteiger partial charge in [-0.3, -0.25) is 4.79 Å². The summed E-state index contributed by atoms with van der Waals surface area (Å²) in [6.07, 6.45) is 10.00. The number of aliphatic carboxylic acids is 1. The van der Waals surface area contributed by atoms with Crippen LogP contribution in [0.25, 0.3) is 0 Å². The van der Waals surface area contributed by atoms with Crippen molar-refractivity contribution in [3.8, 4) is 0 Å². The van der Waals surface area contributed by atoms with Gasteiger partial charge in [0.25, 0.3) is 0 Å². The Morgan fingerprint density at radius 1 is 1.06 bits per heavy atom. The predicted octanol–water partition coefficient (Wildman–Crippen LogP) is 4.85. The van der Waals surface area contributed by atoms with Crippen LogP contribution >= 0.6 is 11.6 Å². The number of carboxylic acid groups (broad SMARTS) is 1. The van der Waals surface area contributed by atoms with Gasteiger partial charge in [-0.15, -0.1) is 11.6 Å². The summed E-state index contributed by atoms with van der Waals surface area (Å²) < 4.78 is 0. The second-order valence-corrected chi connectivity index (χ2v) is 5.34. The van der Waals surface area contributed by atoms with Gasteiger partial charge in [-0.05, 0) is 12.8 Å². The van der Waals surface area contributed by atoms with E-state index in [9.17, 15) is 4.79 Å². The lowest BCUT2D eigenvalue weighted by molar-refractivity contribution is -0.142. The third-order valence-electron chi connectivity index (χ3n) is 3.26. The number of hydrogen-bond acceptors (Lipinski definition) is 1. The van der Waals surface area contributed by atoms with Crippen molar-refractivity contribution in [2.75, 3.05) is 0 Å². The fourth-order valence-electron chi connectivity index (χ4n) is 2.06. The summed E-state index contributed by atoms with van der Waals surface area (Å²) in [5, 5.41) is 8.85. The van der Waals surface area contributed by atoms with Gasteiger partial charge in [-0.1, -0.05) is 58.8 Å². The summed E-state index contributed by atoms with van der Waals surface area (Å²) in [7, 11) is 0. The molecule has 0 saturated carbocycles. The number of alkyl halides is 1. The van der Waals surface area contributed by atoms with E-state index in [1.54, 1.807) is 0 Å². The minimum absolute atomic E-state index is 0.215. The van der Waals surface area contributed by atoms with Crippen LogP contribution in [-0.2, 0) is 4.79 Å². The molecule has 2 nitrogen and oxygen atoms in total. The molecular formula is C14H27ClO2. The number of unbranched alkanes of at least 4 members (excludes halogenated alkanes) is 6. The molecule has 0 amide bonds. The summed E-state index contributed by atoms with van der Waals surface area (Å²) in [5.41, 5.74) is 0. The number of rotatable bonds is 11. The Balaban J connectivity index is 3.58. The van der Waals surface area contributed by atoms with Gasteiger partial charge >= 0.3 is 5.97 Å². The lowest BCUT2D eigenvalue weighted by atomic mass is 9.95. The van der Waals surface area contributed by atoms with E-state index in [-0.39, 0.29) is 11.3 Å².